The van der Waals surface area contributed by atoms with Crippen LogP contribution in [0.1, 0.15) is 31.7 Å². The van der Waals surface area contributed by atoms with Gasteiger partial charge in [-0.25, -0.2) is 9.48 Å². The van der Waals surface area contributed by atoms with E-state index in [0.717, 1.165) is 31.7 Å². The lowest BCUT2D eigenvalue weighted by atomic mass is 10.2. The molecule has 1 aliphatic heterocycles. The van der Waals surface area contributed by atoms with Crippen LogP contribution in [0.2, 0.25) is 0 Å². The van der Waals surface area contributed by atoms with Crippen molar-refractivity contribution in [1.82, 2.24) is 20.4 Å². The molecule has 1 saturated carbocycles. The van der Waals surface area contributed by atoms with Gasteiger partial charge in [-0.2, -0.15) is 5.10 Å². The SMILES string of the molecule is O=C(Nc1ccnn1C1CNC1)NC1CCCC1. The highest BCUT2D eigenvalue weighted by Crippen LogP contribution is 2.19. The maximum absolute atomic E-state index is 11.9. The molecule has 0 aromatic carbocycles. The average Bonchev–Trinajstić information content (AvgIpc) is 2.89. The fraction of sp³-hybridized carbons (Fsp3) is 0.667. The van der Waals surface area contributed by atoms with Crippen molar-refractivity contribution in [2.45, 2.75) is 37.8 Å². The zero-order chi connectivity index (χ0) is 12.4. The third kappa shape index (κ3) is 2.33. The average molecular weight is 249 g/mol. The molecule has 6 heteroatoms. The summed E-state index contributed by atoms with van der Waals surface area (Å²) in [5.74, 6) is 0.775. The molecule has 0 atom stereocenters. The van der Waals surface area contributed by atoms with Crippen LogP contribution < -0.4 is 16.0 Å². The minimum Gasteiger partial charge on any atom is -0.335 e. The van der Waals surface area contributed by atoms with Crippen molar-refractivity contribution in [2.24, 2.45) is 0 Å². The van der Waals surface area contributed by atoms with Gasteiger partial charge in [0.05, 0.1) is 12.2 Å². The third-order valence-corrected chi connectivity index (χ3v) is 3.71. The maximum Gasteiger partial charge on any atom is 0.320 e. The van der Waals surface area contributed by atoms with E-state index in [2.05, 4.69) is 21.0 Å². The molecule has 1 saturated heterocycles. The Labute approximate surface area is 106 Å². The van der Waals surface area contributed by atoms with Gasteiger partial charge in [0.2, 0.25) is 0 Å². The first kappa shape index (κ1) is 11.5. The van der Waals surface area contributed by atoms with Crippen molar-refractivity contribution in [3.63, 3.8) is 0 Å². The Bertz CT molecular complexity index is 420. The molecule has 3 N–H and O–H groups in total. The van der Waals surface area contributed by atoms with E-state index in [1.165, 1.54) is 12.8 Å². The summed E-state index contributed by atoms with van der Waals surface area (Å²) in [6.07, 6.45) is 6.36. The number of hydrogen-bond donors (Lipinski definition) is 3. The fourth-order valence-corrected chi connectivity index (χ4v) is 2.56. The van der Waals surface area contributed by atoms with Crippen LogP contribution in [0.25, 0.3) is 0 Å². The van der Waals surface area contributed by atoms with Crippen LogP contribution in [0.15, 0.2) is 12.3 Å². The first-order chi connectivity index (χ1) is 8.83. The van der Waals surface area contributed by atoms with Crippen molar-refractivity contribution in [3.05, 3.63) is 12.3 Å². The topological polar surface area (TPSA) is 71.0 Å². The van der Waals surface area contributed by atoms with E-state index in [-0.39, 0.29) is 6.03 Å². The van der Waals surface area contributed by atoms with Crippen molar-refractivity contribution in [1.29, 1.82) is 0 Å². The monoisotopic (exact) mass is 249 g/mol. The van der Waals surface area contributed by atoms with Gasteiger partial charge in [-0.1, -0.05) is 12.8 Å². The minimum atomic E-state index is -0.115. The largest absolute Gasteiger partial charge is 0.335 e. The van der Waals surface area contributed by atoms with Gasteiger partial charge >= 0.3 is 6.03 Å². The Kier molecular flexibility index (Phi) is 3.19. The van der Waals surface area contributed by atoms with E-state index in [1.807, 2.05) is 10.7 Å². The Morgan fingerprint density at radius 3 is 2.83 bits per heavy atom. The first-order valence-corrected chi connectivity index (χ1v) is 6.64. The summed E-state index contributed by atoms with van der Waals surface area (Å²) in [5.41, 5.74) is 0. The van der Waals surface area contributed by atoms with Gasteiger partial charge < -0.3 is 10.6 Å². The predicted molar refractivity (Wildman–Crippen MR) is 68.5 cm³/mol. The number of urea groups is 1. The van der Waals surface area contributed by atoms with E-state index in [0.29, 0.717) is 12.1 Å². The Balaban J connectivity index is 1.57. The lowest BCUT2D eigenvalue weighted by molar-refractivity contribution is 0.248. The van der Waals surface area contributed by atoms with E-state index in [4.69, 9.17) is 0 Å². The number of aromatic nitrogens is 2. The van der Waals surface area contributed by atoms with E-state index < -0.39 is 0 Å². The molecule has 3 rings (SSSR count). The molecule has 2 fully saturated rings. The summed E-state index contributed by atoms with van der Waals surface area (Å²) in [6, 6.07) is 2.43. The van der Waals surface area contributed by atoms with Crippen molar-refractivity contribution in [3.8, 4) is 0 Å². The third-order valence-electron chi connectivity index (χ3n) is 3.71. The van der Waals surface area contributed by atoms with Gasteiger partial charge in [0, 0.05) is 25.2 Å². The number of carbonyl (C=O) groups is 1. The Morgan fingerprint density at radius 2 is 2.17 bits per heavy atom. The number of anilines is 1. The Hall–Kier alpha value is -1.56. The van der Waals surface area contributed by atoms with Gasteiger partial charge in [0.15, 0.2) is 0 Å². The van der Waals surface area contributed by atoms with Crippen molar-refractivity contribution < 1.29 is 4.79 Å². The number of carbonyl (C=O) groups excluding carboxylic acids is 1. The standard InChI is InChI=1S/C12H19N5O/c18-12(15-9-3-1-2-4-9)16-11-5-6-14-17(11)10-7-13-8-10/h5-6,9-10,13H,1-4,7-8H2,(H2,15,16,18). The lowest BCUT2D eigenvalue weighted by Crippen LogP contribution is -2.44. The number of amides is 2. The molecule has 6 nitrogen and oxygen atoms in total. The molecule has 0 spiro atoms. The van der Waals surface area contributed by atoms with Gasteiger partial charge in [0.1, 0.15) is 5.82 Å². The molecule has 1 aromatic heterocycles. The Morgan fingerprint density at radius 1 is 1.39 bits per heavy atom. The first-order valence-electron chi connectivity index (χ1n) is 6.64. The normalized spacial score (nSPS) is 20.7. The molecule has 2 amide bonds. The van der Waals surface area contributed by atoms with Crippen LogP contribution in [0.4, 0.5) is 10.6 Å². The highest BCUT2D eigenvalue weighted by Gasteiger charge is 2.23. The molecule has 1 aromatic rings. The highest BCUT2D eigenvalue weighted by molar-refractivity contribution is 5.88. The fourth-order valence-electron chi connectivity index (χ4n) is 2.56. The van der Waals surface area contributed by atoms with Crippen molar-refractivity contribution >= 4 is 11.8 Å². The second-order valence-electron chi connectivity index (χ2n) is 5.05. The number of rotatable bonds is 3. The second kappa shape index (κ2) is 4.97. The molecule has 98 valence electrons. The zero-order valence-corrected chi connectivity index (χ0v) is 10.4. The summed E-state index contributed by atoms with van der Waals surface area (Å²) in [6.45, 7) is 1.83. The van der Waals surface area contributed by atoms with E-state index >= 15 is 0 Å². The summed E-state index contributed by atoms with van der Waals surface area (Å²) in [5, 5.41) is 13.4. The smallest absolute Gasteiger partial charge is 0.320 e. The molecule has 1 aliphatic carbocycles. The molecule has 0 bridgehead atoms. The summed E-state index contributed by atoms with van der Waals surface area (Å²) >= 11 is 0. The molecule has 18 heavy (non-hydrogen) atoms. The van der Waals surface area contributed by atoms with Crippen LogP contribution >= 0.6 is 0 Å². The summed E-state index contributed by atoms with van der Waals surface area (Å²) < 4.78 is 1.88. The molecule has 2 aliphatic rings. The molecule has 0 unspecified atom stereocenters. The van der Waals surface area contributed by atoms with Crippen molar-refractivity contribution in [2.75, 3.05) is 18.4 Å². The highest BCUT2D eigenvalue weighted by atomic mass is 16.2. The summed E-state index contributed by atoms with van der Waals surface area (Å²) in [7, 11) is 0. The van der Waals surface area contributed by atoms with Crippen LogP contribution in [-0.4, -0.2) is 34.9 Å². The van der Waals surface area contributed by atoms with Gasteiger partial charge in [-0.05, 0) is 12.8 Å². The quantitative estimate of drug-likeness (QED) is 0.751. The second-order valence-corrected chi connectivity index (χ2v) is 5.05. The van der Waals surface area contributed by atoms with Crippen LogP contribution in [-0.2, 0) is 0 Å². The predicted octanol–water partition coefficient (Wildman–Crippen LogP) is 1.09. The molecular formula is C12H19N5O. The molecule has 2 heterocycles. The van der Waals surface area contributed by atoms with E-state index in [9.17, 15) is 4.79 Å². The number of nitrogens with one attached hydrogen (secondary N) is 3. The number of nitrogens with zero attached hydrogens (tertiary/aromatic N) is 2. The number of hydrogen-bond acceptors (Lipinski definition) is 3. The maximum atomic E-state index is 11.9. The van der Waals surface area contributed by atoms with Gasteiger partial charge in [-0.3, -0.25) is 5.32 Å². The summed E-state index contributed by atoms with van der Waals surface area (Å²) in [4.78, 5) is 11.9. The van der Waals surface area contributed by atoms with Crippen LogP contribution in [0.5, 0.6) is 0 Å². The molecular weight excluding hydrogens is 230 g/mol. The zero-order valence-electron chi connectivity index (χ0n) is 10.4. The molecule has 0 radical (unpaired) electrons. The van der Waals surface area contributed by atoms with Crippen LogP contribution in [0, 0.1) is 0 Å². The van der Waals surface area contributed by atoms with Crippen LogP contribution in [0.3, 0.4) is 0 Å². The lowest BCUT2D eigenvalue weighted by Gasteiger charge is -2.28. The van der Waals surface area contributed by atoms with Gasteiger partial charge in [-0.15, -0.1) is 0 Å². The van der Waals surface area contributed by atoms with Gasteiger partial charge in [0.25, 0.3) is 0 Å². The van der Waals surface area contributed by atoms with E-state index in [1.54, 1.807) is 6.20 Å². The minimum absolute atomic E-state index is 0.115.